The molecule has 0 atom stereocenters. The molecule has 128 valence electrons. The Morgan fingerprint density at radius 2 is 1.58 bits per heavy atom. The van der Waals surface area contributed by atoms with Crippen molar-refractivity contribution in [2.45, 2.75) is 24.3 Å². The first kappa shape index (κ1) is 18.1. The number of sulfonamides is 1. The van der Waals surface area contributed by atoms with Crippen molar-refractivity contribution in [1.82, 2.24) is 4.90 Å². The number of hydrogen-bond acceptors (Lipinski definition) is 3. The van der Waals surface area contributed by atoms with Gasteiger partial charge in [-0.3, -0.25) is 4.79 Å². The fourth-order valence-corrected chi connectivity index (χ4v) is 2.76. The number of rotatable bonds is 6. The molecule has 2 aromatic rings. The number of amides is 1. The average molecular weight is 350 g/mol. The quantitative estimate of drug-likeness (QED) is 0.866. The van der Waals surface area contributed by atoms with E-state index in [2.05, 4.69) is 0 Å². The summed E-state index contributed by atoms with van der Waals surface area (Å²) in [4.78, 5) is 13.8. The summed E-state index contributed by atoms with van der Waals surface area (Å²) < 4.78 is 35.2. The number of nitrogens with zero attached hydrogens (tertiary/aromatic N) is 1. The second-order valence-electron chi connectivity index (χ2n) is 5.57. The van der Waals surface area contributed by atoms with E-state index in [1.165, 1.54) is 24.3 Å². The molecule has 0 heterocycles. The van der Waals surface area contributed by atoms with Crippen LogP contribution in [-0.2, 0) is 27.8 Å². The van der Waals surface area contributed by atoms with Crippen molar-refractivity contribution in [1.29, 1.82) is 0 Å². The number of nitrogens with two attached hydrogens (primary N) is 1. The zero-order valence-electron chi connectivity index (χ0n) is 13.3. The molecule has 24 heavy (non-hydrogen) atoms. The number of benzene rings is 2. The standard InChI is InChI=1S/C17H19FN2O3S/c1-20(12-14-2-7-15(18)8-3-14)17(21)11-6-13-4-9-16(10-5-13)24(19,22)23/h2-5,7-10H,6,11-12H2,1H3,(H2,19,22,23). The van der Waals surface area contributed by atoms with E-state index in [0.29, 0.717) is 19.4 Å². The number of primary sulfonamides is 1. The second kappa shape index (κ2) is 7.55. The fraction of sp³-hybridized carbons (Fsp3) is 0.235. The van der Waals surface area contributed by atoms with Crippen molar-refractivity contribution in [2.24, 2.45) is 5.14 Å². The molecular formula is C17H19FN2O3S. The highest BCUT2D eigenvalue weighted by atomic mass is 32.2. The van der Waals surface area contributed by atoms with Crippen LogP contribution in [0.3, 0.4) is 0 Å². The topological polar surface area (TPSA) is 80.5 Å². The van der Waals surface area contributed by atoms with Gasteiger partial charge in [0.15, 0.2) is 0 Å². The monoisotopic (exact) mass is 350 g/mol. The zero-order valence-corrected chi connectivity index (χ0v) is 14.1. The summed E-state index contributed by atoms with van der Waals surface area (Å²) in [5.74, 6) is -0.356. The third kappa shape index (κ3) is 5.14. The van der Waals surface area contributed by atoms with Crippen LogP contribution >= 0.6 is 0 Å². The summed E-state index contributed by atoms with van der Waals surface area (Å²) in [5, 5.41) is 5.04. The van der Waals surface area contributed by atoms with Gasteiger partial charge in [0.2, 0.25) is 15.9 Å². The van der Waals surface area contributed by atoms with Gasteiger partial charge in [-0.15, -0.1) is 0 Å². The molecule has 5 nitrogen and oxygen atoms in total. The third-order valence-electron chi connectivity index (χ3n) is 3.64. The first-order valence-corrected chi connectivity index (χ1v) is 8.90. The van der Waals surface area contributed by atoms with Crippen LogP contribution in [-0.4, -0.2) is 26.3 Å². The van der Waals surface area contributed by atoms with Crippen molar-refractivity contribution >= 4 is 15.9 Å². The van der Waals surface area contributed by atoms with Crippen LogP contribution in [0.1, 0.15) is 17.5 Å². The van der Waals surface area contributed by atoms with Gasteiger partial charge in [0.05, 0.1) is 4.90 Å². The maximum Gasteiger partial charge on any atom is 0.238 e. The van der Waals surface area contributed by atoms with E-state index >= 15 is 0 Å². The number of carbonyl (C=O) groups excluding carboxylic acids is 1. The molecular weight excluding hydrogens is 331 g/mol. The molecule has 0 aliphatic heterocycles. The van der Waals surface area contributed by atoms with Gasteiger partial charge < -0.3 is 4.90 Å². The second-order valence-corrected chi connectivity index (χ2v) is 7.13. The summed E-state index contributed by atoms with van der Waals surface area (Å²) >= 11 is 0. The summed E-state index contributed by atoms with van der Waals surface area (Å²) in [6, 6.07) is 12.2. The van der Waals surface area contributed by atoms with Crippen molar-refractivity contribution in [3.63, 3.8) is 0 Å². The Morgan fingerprint density at radius 1 is 1.04 bits per heavy atom. The lowest BCUT2D eigenvalue weighted by Gasteiger charge is -2.17. The normalized spacial score (nSPS) is 11.3. The van der Waals surface area contributed by atoms with E-state index in [0.717, 1.165) is 11.1 Å². The van der Waals surface area contributed by atoms with Crippen molar-refractivity contribution in [3.05, 3.63) is 65.5 Å². The molecule has 1 amide bonds. The van der Waals surface area contributed by atoms with Gasteiger partial charge in [0.25, 0.3) is 0 Å². The Morgan fingerprint density at radius 3 is 2.12 bits per heavy atom. The van der Waals surface area contributed by atoms with Crippen LogP contribution in [0.2, 0.25) is 0 Å². The lowest BCUT2D eigenvalue weighted by molar-refractivity contribution is -0.130. The molecule has 0 spiro atoms. The lowest BCUT2D eigenvalue weighted by Crippen LogP contribution is -2.26. The molecule has 0 aliphatic carbocycles. The number of aryl methyl sites for hydroxylation is 1. The molecule has 7 heteroatoms. The van der Waals surface area contributed by atoms with E-state index in [9.17, 15) is 17.6 Å². The van der Waals surface area contributed by atoms with Crippen molar-refractivity contribution < 1.29 is 17.6 Å². The zero-order chi connectivity index (χ0) is 17.7. The minimum Gasteiger partial charge on any atom is -0.341 e. The summed E-state index contributed by atoms with van der Waals surface area (Å²) in [6.45, 7) is 0.406. The first-order chi connectivity index (χ1) is 11.3. The third-order valence-corrected chi connectivity index (χ3v) is 4.57. The van der Waals surface area contributed by atoms with Crippen LogP contribution in [0.4, 0.5) is 4.39 Å². The maximum absolute atomic E-state index is 12.9. The van der Waals surface area contributed by atoms with Crippen molar-refractivity contribution in [3.8, 4) is 0 Å². The maximum atomic E-state index is 12.9. The predicted molar refractivity (Wildman–Crippen MR) is 89.0 cm³/mol. The molecule has 2 rings (SSSR count). The number of halogens is 1. The van der Waals surface area contributed by atoms with Gasteiger partial charge in [-0.05, 0) is 41.8 Å². The summed E-state index contributed by atoms with van der Waals surface area (Å²) in [7, 11) is -2.01. The highest BCUT2D eigenvalue weighted by Crippen LogP contribution is 2.12. The lowest BCUT2D eigenvalue weighted by atomic mass is 10.1. The molecule has 0 saturated heterocycles. The van der Waals surface area contributed by atoms with E-state index in [-0.39, 0.29) is 16.6 Å². The molecule has 0 bridgehead atoms. The minimum absolute atomic E-state index is 0.0464. The number of hydrogen-bond donors (Lipinski definition) is 1. The Bertz CT molecular complexity index is 803. The minimum atomic E-state index is -3.70. The van der Waals surface area contributed by atoms with Gasteiger partial charge in [-0.2, -0.15) is 0 Å². The van der Waals surface area contributed by atoms with Crippen LogP contribution in [0, 0.1) is 5.82 Å². The Balaban J connectivity index is 1.89. The van der Waals surface area contributed by atoms with Gasteiger partial charge in [0.1, 0.15) is 5.82 Å². The molecule has 0 unspecified atom stereocenters. The molecule has 2 N–H and O–H groups in total. The molecule has 0 saturated carbocycles. The first-order valence-electron chi connectivity index (χ1n) is 7.36. The van der Waals surface area contributed by atoms with E-state index in [1.807, 2.05) is 0 Å². The Hall–Kier alpha value is -2.25. The molecule has 0 aliphatic rings. The van der Waals surface area contributed by atoms with E-state index in [4.69, 9.17) is 5.14 Å². The van der Waals surface area contributed by atoms with E-state index in [1.54, 1.807) is 36.2 Å². The highest BCUT2D eigenvalue weighted by molar-refractivity contribution is 7.89. The summed E-state index contributed by atoms with van der Waals surface area (Å²) in [6.07, 6.45) is 0.796. The molecule has 2 aromatic carbocycles. The van der Waals surface area contributed by atoms with Crippen LogP contribution in [0.25, 0.3) is 0 Å². The van der Waals surface area contributed by atoms with E-state index < -0.39 is 10.0 Å². The smallest absolute Gasteiger partial charge is 0.238 e. The van der Waals surface area contributed by atoms with Gasteiger partial charge in [0, 0.05) is 20.0 Å². The molecule has 0 radical (unpaired) electrons. The van der Waals surface area contributed by atoms with Crippen LogP contribution < -0.4 is 5.14 Å². The average Bonchev–Trinajstić information content (AvgIpc) is 2.54. The largest absolute Gasteiger partial charge is 0.341 e. The number of carbonyl (C=O) groups is 1. The molecule has 0 fully saturated rings. The van der Waals surface area contributed by atoms with Gasteiger partial charge >= 0.3 is 0 Å². The van der Waals surface area contributed by atoms with Gasteiger partial charge in [-0.25, -0.2) is 17.9 Å². The SMILES string of the molecule is CN(Cc1ccc(F)cc1)C(=O)CCc1ccc(S(N)(=O)=O)cc1. The fourth-order valence-electron chi connectivity index (χ4n) is 2.24. The van der Waals surface area contributed by atoms with Crippen molar-refractivity contribution in [2.75, 3.05) is 7.05 Å². The Kier molecular flexibility index (Phi) is 5.69. The predicted octanol–water partition coefficient (Wildman–Crippen LogP) is 2.06. The van der Waals surface area contributed by atoms with Crippen LogP contribution in [0.15, 0.2) is 53.4 Å². The molecule has 0 aromatic heterocycles. The Labute approximate surface area is 141 Å². The highest BCUT2D eigenvalue weighted by Gasteiger charge is 2.11. The van der Waals surface area contributed by atoms with Gasteiger partial charge in [-0.1, -0.05) is 24.3 Å². The van der Waals surface area contributed by atoms with Crippen LogP contribution in [0.5, 0.6) is 0 Å². The summed E-state index contributed by atoms with van der Waals surface area (Å²) in [5.41, 5.74) is 1.70.